The average Bonchev–Trinajstić information content (AvgIpc) is 3.42. The van der Waals surface area contributed by atoms with Crippen molar-refractivity contribution in [2.75, 3.05) is 5.32 Å². The van der Waals surface area contributed by atoms with E-state index in [9.17, 15) is 21.6 Å². The van der Waals surface area contributed by atoms with Gasteiger partial charge in [0.1, 0.15) is 6.04 Å². The number of anilines is 1. The molecule has 0 aliphatic heterocycles. The van der Waals surface area contributed by atoms with Crippen LogP contribution in [0, 0.1) is 0 Å². The minimum Gasteiger partial charge on any atom is -0.351 e. The van der Waals surface area contributed by atoms with E-state index < -0.39 is 22.2 Å². The highest BCUT2D eigenvalue weighted by molar-refractivity contribution is 9.10. The third-order valence-electron chi connectivity index (χ3n) is 7.92. The lowest BCUT2D eigenvalue weighted by atomic mass is 9.90. The van der Waals surface area contributed by atoms with Crippen LogP contribution in [-0.4, -0.2) is 40.6 Å². The fourth-order valence-corrected chi connectivity index (χ4v) is 7.64. The molecule has 234 valence electrons. The molecular weight excluding hydrogens is 691 g/mol. The summed E-state index contributed by atoms with van der Waals surface area (Å²) in [6.07, 6.45) is 0.952. The molecule has 0 spiro atoms. The average molecular weight is 719 g/mol. The fourth-order valence-electron chi connectivity index (χ4n) is 5.79. The van der Waals surface area contributed by atoms with Gasteiger partial charge in [0.15, 0.2) is 0 Å². The molecule has 0 amide bonds. The van der Waals surface area contributed by atoms with E-state index in [4.69, 9.17) is 11.6 Å². The lowest BCUT2D eigenvalue weighted by Gasteiger charge is -2.34. The maximum Gasteiger partial charge on any atom is 0.407 e. The Morgan fingerprint density at radius 2 is 1.64 bits per heavy atom. The van der Waals surface area contributed by atoms with Crippen LogP contribution in [0.2, 0.25) is 5.02 Å². The number of halogens is 5. The van der Waals surface area contributed by atoms with Gasteiger partial charge in [-0.25, -0.2) is 22.4 Å². The van der Waals surface area contributed by atoms with Crippen LogP contribution in [0.15, 0.2) is 101 Å². The smallest absolute Gasteiger partial charge is 0.351 e. The first-order valence-electron chi connectivity index (χ1n) is 14.3. The third kappa shape index (κ3) is 6.74. The van der Waals surface area contributed by atoms with Gasteiger partial charge in [-0.05, 0) is 61.6 Å². The molecule has 0 saturated heterocycles. The maximum absolute atomic E-state index is 14.1. The molecule has 2 N–H and O–H groups in total. The largest absolute Gasteiger partial charge is 0.407 e. The summed E-state index contributed by atoms with van der Waals surface area (Å²) in [7, 11) is -3.92. The second-order valence-corrected chi connectivity index (χ2v) is 14.1. The van der Waals surface area contributed by atoms with E-state index in [1.54, 1.807) is 54.6 Å². The molecule has 1 fully saturated rings. The number of nitrogens with one attached hydrogen (secondary N) is 2. The molecule has 2 unspecified atom stereocenters. The van der Waals surface area contributed by atoms with Crippen LogP contribution >= 0.6 is 27.5 Å². The summed E-state index contributed by atoms with van der Waals surface area (Å²) in [5, 5.41) is 6.99. The summed E-state index contributed by atoms with van der Waals surface area (Å²) < 4.78 is 71.3. The van der Waals surface area contributed by atoms with Gasteiger partial charge in [-0.2, -0.15) is 13.2 Å². The predicted molar refractivity (Wildman–Crippen MR) is 173 cm³/mol. The Kier molecular flexibility index (Phi) is 8.93. The topological polar surface area (TPSA) is 88.9 Å². The lowest BCUT2D eigenvalue weighted by molar-refractivity contribution is -0.160. The van der Waals surface area contributed by atoms with Crippen LogP contribution in [0.1, 0.15) is 37.3 Å². The second kappa shape index (κ2) is 12.7. The Morgan fingerprint density at radius 1 is 0.956 bits per heavy atom. The molecule has 3 aromatic carbocycles. The monoisotopic (exact) mass is 717 g/mol. The van der Waals surface area contributed by atoms with Gasteiger partial charge in [-0.3, -0.25) is 5.32 Å². The Labute approximate surface area is 272 Å². The number of hydrogen-bond donors (Lipinski definition) is 2. The molecule has 13 heteroatoms. The predicted octanol–water partition coefficient (Wildman–Crippen LogP) is 8.37. The molecule has 2 aromatic heterocycles. The van der Waals surface area contributed by atoms with Gasteiger partial charge < -0.3 is 5.32 Å². The molecular formula is C32H28BrClF3N5O2S. The lowest BCUT2D eigenvalue weighted by Crippen LogP contribution is -2.45. The Hall–Kier alpha value is -3.45. The first kappa shape index (κ1) is 31.5. The zero-order valence-electron chi connectivity index (χ0n) is 23.7. The quantitative estimate of drug-likeness (QED) is 0.168. The summed E-state index contributed by atoms with van der Waals surface area (Å²) in [6.45, 7) is 0. The van der Waals surface area contributed by atoms with E-state index >= 15 is 0 Å². The molecule has 1 aliphatic carbocycles. The van der Waals surface area contributed by atoms with Crippen LogP contribution in [-0.2, 0) is 10.0 Å². The Balaban J connectivity index is 1.26. The van der Waals surface area contributed by atoms with E-state index in [0.29, 0.717) is 45.9 Å². The molecule has 1 aliphatic rings. The van der Waals surface area contributed by atoms with Crippen molar-refractivity contribution in [2.24, 2.45) is 0 Å². The summed E-state index contributed by atoms with van der Waals surface area (Å²) in [5.74, 6) is 0.253. The molecule has 5 aromatic rings. The number of fused-ring (bicyclic) bond motifs is 1. The second-order valence-electron chi connectivity index (χ2n) is 11.0. The summed E-state index contributed by atoms with van der Waals surface area (Å²) in [6, 6.07) is 19.0. The van der Waals surface area contributed by atoms with Crippen molar-refractivity contribution in [1.29, 1.82) is 0 Å². The Morgan fingerprint density at radius 3 is 2.38 bits per heavy atom. The zero-order valence-corrected chi connectivity index (χ0v) is 26.8. The number of para-hydroxylation sites is 1. The highest BCUT2D eigenvalue weighted by Crippen LogP contribution is 2.37. The SMILES string of the molecule is O=S(=O)(c1ccccc1)n1cc(-c2nc(NC3CCCC(N[C@H](c4ccc(Br)cc4)C(F)(F)F)C3)ncc2Cl)c2ccccc21. The summed E-state index contributed by atoms with van der Waals surface area (Å²) in [4.78, 5) is 9.15. The van der Waals surface area contributed by atoms with E-state index in [-0.39, 0.29) is 33.5 Å². The first-order valence-corrected chi connectivity index (χ1v) is 16.9. The number of alkyl halides is 3. The van der Waals surface area contributed by atoms with Gasteiger partial charge in [0.05, 0.1) is 27.3 Å². The minimum atomic E-state index is -4.46. The number of rotatable bonds is 8. The van der Waals surface area contributed by atoms with E-state index in [2.05, 4.69) is 36.5 Å². The van der Waals surface area contributed by atoms with Crippen molar-refractivity contribution < 1.29 is 21.6 Å². The minimum absolute atomic E-state index is 0.141. The zero-order chi connectivity index (χ0) is 31.8. The molecule has 3 atom stereocenters. The molecule has 0 bridgehead atoms. The first-order chi connectivity index (χ1) is 21.5. The normalized spacial score (nSPS) is 18.2. The molecule has 45 heavy (non-hydrogen) atoms. The summed E-state index contributed by atoms with van der Waals surface area (Å²) in [5.41, 5.74) is 1.46. The van der Waals surface area contributed by atoms with Crippen molar-refractivity contribution in [3.05, 3.63) is 106 Å². The molecule has 6 rings (SSSR count). The van der Waals surface area contributed by atoms with Crippen molar-refractivity contribution >= 4 is 54.4 Å². The molecule has 0 radical (unpaired) electrons. The molecule has 2 heterocycles. The summed E-state index contributed by atoms with van der Waals surface area (Å²) >= 11 is 9.86. The fraction of sp³-hybridized carbons (Fsp3) is 0.250. The van der Waals surface area contributed by atoms with Crippen LogP contribution in [0.3, 0.4) is 0 Å². The highest BCUT2D eigenvalue weighted by Gasteiger charge is 2.42. The van der Waals surface area contributed by atoms with Crippen molar-refractivity contribution in [3.63, 3.8) is 0 Å². The van der Waals surface area contributed by atoms with Gasteiger partial charge in [0.25, 0.3) is 10.0 Å². The van der Waals surface area contributed by atoms with Gasteiger partial charge >= 0.3 is 6.18 Å². The Bertz CT molecular complexity index is 1920. The van der Waals surface area contributed by atoms with Gasteiger partial charge in [0.2, 0.25) is 5.95 Å². The number of benzene rings is 3. The van der Waals surface area contributed by atoms with E-state index in [1.165, 1.54) is 40.6 Å². The number of nitrogens with zero attached hydrogens (tertiary/aromatic N) is 3. The van der Waals surface area contributed by atoms with Crippen molar-refractivity contribution in [2.45, 2.75) is 54.9 Å². The number of hydrogen-bond acceptors (Lipinski definition) is 6. The highest BCUT2D eigenvalue weighted by atomic mass is 79.9. The van der Waals surface area contributed by atoms with E-state index in [1.807, 2.05) is 0 Å². The number of aromatic nitrogens is 3. The van der Waals surface area contributed by atoms with Crippen LogP contribution < -0.4 is 10.6 Å². The maximum atomic E-state index is 14.1. The van der Waals surface area contributed by atoms with Gasteiger partial charge in [0, 0.05) is 33.7 Å². The van der Waals surface area contributed by atoms with Gasteiger partial charge in [-0.15, -0.1) is 0 Å². The molecule has 1 saturated carbocycles. The van der Waals surface area contributed by atoms with Gasteiger partial charge in [-0.1, -0.05) is 76.1 Å². The van der Waals surface area contributed by atoms with Crippen LogP contribution in [0.5, 0.6) is 0 Å². The molecule has 7 nitrogen and oxygen atoms in total. The van der Waals surface area contributed by atoms with Crippen molar-refractivity contribution in [1.82, 2.24) is 19.3 Å². The third-order valence-corrected chi connectivity index (χ3v) is 10.4. The van der Waals surface area contributed by atoms with Crippen molar-refractivity contribution in [3.8, 4) is 11.3 Å². The van der Waals surface area contributed by atoms with E-state index in [0.717, 1.165) is 6.42 Å². The standard InChI is InChI=1S/C32H28BrClF3N5O2S/c33-21-15-13-20(14-16-21)30(32(35,36)37)39-22-7-6-8-23(17-22)40-31-38-18-27(34)29(41-31)26-19-42(28-12-5-4-11-25(26)28)45(43,44)24-9-2-1-3-10-24/h1-5,9-16,18-19,22-23,30,39H,6-8,17H2,(H,38,40,41)/t22?,23?,30-/m1/s1. The van der Waals surface area contributed by atoms with Crippen LogP contribution in [0.4, 0.5) is 19.1 Å². The van der Waals surface area contributed by atoms with Crippen LogP contribution in [0.25, 0.3) is 22.2 Å².